The van der Waals surface area contributed by atoms with Crippen molar-refractivity contribution in [1.82, 2.24) is 9.97 Å². The van der Waals surface area contributed by atoms with Crippen molar-refractivity contribution in [1.29, 1.82) is 0 Å². The lowest BCUT2D eigenvalue weighted by Crippen LogP contribution is -2.40. The minimum absolute atomic E-state index is 0.0435. The second-order valence-electron chi connectivity index (χ2n) is 4.97. The van der Waals surface area contributed by atoms with Crippen LogP contribution in [-0.2, 0) is 0 Å². The fraction of sp³-hybridized carbons (Fsp3) is 0.267. The number of benzene rings is 1. The molecule has 1 aromatic heterocycles. The van der Waals surface area contributed by atoms with Crippen molar-refractivity contribution >= 4 is 12.2 Å². The molecule has 0 bridgehead atoms. The monoisotopic (exact) mass is 334 g/mol. The van der Waals surface area contributed by atoms with Gasteiger partial charge in [-0.15, -0.1) is 0 Å². The number of aliphatic hydroxyl groups excluding tert-OH is 4. The molecule has 0 aliphatic heterocycles. The third kappa shape index (κ3) is 4.70. The summed E-state index contributed by atoms with van der Waals surface area (Å²) < 4.78 is 0. The Labute approximate surface area is 137 Å². The van der Waals surface area contributed by atoms with Crippen LogP contribution < -0.4 is 11.0 Å². The number of rotatable bonds is 7. The van der Waals surface area contributed by atoms with Gasteiger partial charge in [0.05, 0.1) is 18.5 Å². The minimum atomic E-state index is -1.59. The molecule has 0 aliphatic rings. The highest BCUT2D eigenvalue weighted by Gasteiger charge is 2.22. The van der Waals surface area contributed by atoms with Crippen LogP contribution in [0, 0.1) is 0 Å². The Balaban J connectivity index is 2.09. The molecule has 0 aliphatic carbocycles. The first-order valence-electron chi connectivity index (χ1n) is 7.12. The maximum absolute atomic E-state index is 11.7. The molecule has 24 heavy (non-hydrogen) atoms. The largest absolute Gasteiger partial charge is 0.394 e. The molecule has 0 spiro atoms. The van der Waals surface area contributed by atoms with E-state index in [0.29, 0.717) is 5.69 Å². The second-order valence-corrected chi connectivity index (χ2v) is 4.97. The molecule has 0 fully saturated rings. The Morgan fingerprint density at radius 3 is 2.62 bits per heavy atom. The van der Waals surface area contributed by atoms with E-state index in [9.17, 15) is 20.1 Å². The normalized spacial score (nSPS) is 15.2. The van der Waals surface area contributed by atoms with Gasteiger partial charge in [0.2, 0.25) is 5.95 Å². The number of hydrazone groups is 1. The Morgan fingerprint density at radius 1 is 1.25 bits per heavy atom. The van der Waals surface area contributed by atoms with Crippen LogP contribution in [0.5, 0.6) is 0 Å². The highest BCUT2D eigenvalue weighted by Crippen LogP contribution is 2.15. The third-order valence-corrected chi connectivity index (χ3v) is 3.14. The van der Waals surface area contributed by atoms with E-state index >= 15 is 0 Å². The average Bonchev–Trinajstić information content (AvgIpc) is 2.60. The van der Waals surface area contributed by atoms with Crippen LogP contribution >= 0.6 is 0 Å². The molecule has 2 rings (SSSR count). The van der Waals surface area contributed by atoms with E-state index < -0.39 is 30.5 Å². The van der Waals surface area contributed by atoms with Gasteiger partial charge in [0, 0.05) is 11.6 Å². The van der Waals surface area contributed by atoms with Gasteiger partial charge in [-0.3, -0.25) is 9.78 Å². The summed E-state index contributed by atoms with van der Waals surface area (Å²) in [5.74, 6) is 0.0435. The van der Waals surface area contributed by atoms with Gasteiger partial charge in [0.25, 0.3) is 5.56 Å². The molecule has 0 saturated heterocycles. The van der Waals surface area contributed by atoms with Crippen LogP contribution in [0.15, 0.2) is 46.3 Å². The first kappa shape index (κ1) is 17.8. The number of aliphatic hydroxyl groups is 4. The van der Waals surface area contributed by atoms with Crippen molar-refractivity contribution in [3.8, 4) is 11.3 Å². The Kier molecular flexibility index (Phi) is 6.15. The van der Waals surface area contributed by atoms with Crippen molar-refractivity contribution in [2.45, 2.75) is 18.3 Å². The zero-order valence-electron chi connectivity index (χ0n) is 12.6. The highest BCUT2D eigenvalue weighted by molar-refractivity contribution is 5.65. The molecular weight excluding hydrogens is 316 g/mol. The summed E-state index contributed by atoms with van der Waals surface area (Å²) in [5.41, 5.74) is 3.22. The van der Waals surface area contributed by atoms with E-state index in [1.807, 2.05) is 18.2 Å². The van der Waals surface area contributed by atoms with Gasteiger partial charge in [0.1, 0.15) is 18.3 Å². The number of aromatic nitrogens is 2. The number of H-pyrrole nitrogens is 1. The standard InChI is InChI=1S/C15H18N4O5/c20-8-12(22)14(24)11(21)7-16-19-15-17-10(6-13(23)18-15)9-4-2-1-3-5-9/h1-7,11-12,14,20-22,24H,8H2,(H2,17,18,19,23)/b16-7+/t11-,12-,14+/m0/s1. The van der Waals surface area contributed by atoms with Crippen LogP contribution in [0.2, 0.25) is 0 Å². The smallest absolute Gasteiger partial charge is 0.252 e. The Hall–Kier alpha value is -2.59. The third-order valence-electron chi connectivity index (χ3n) is 3.14. The topological polar surface area (TPSA) is 151 Å². The molecule has 1 heterocycles. The first-order valence-corrected chi connectivity index (χ1v) is 7.12. The van der Waals surface area contributed by atoms with E-state index in [0.717, 1.165) is 11.8 Å². The second kappa shape index (κ2) is 8.31. The van der Waals surface area contributed by atoms with Gasteiger partial charge in [-0.2, -0.15) is 5.10 Å². The summed E-state index contributed by atoms with van der Waals surface area (Å²) in [7, 11) is 0. The van der Waals surface area contributed by atoms with Gasteiger partial charge in [0.15, 0.2) is 0 Å². The molecule has 0 amide bonds. The maximum atomic E-state index is 11.7. The average molecular weight is 334 g/mol. The van der Waals surface area contributed by atoms with Gasteiger partial charge >= 0.3 is 0 Å². The SMILES string of the molecule is O=c1cc(-c2ccccc2)nc(N/N=C/[C@H](O)[C@@H](O)[C@@H](O)CO)[nH]1. The number of anilines is 1. The van der Waals surface area contributed by atoms with E-state index in [-0.39, 0.29) is 5.95 Å². The zero-order chi connectivity index (χ0) is 17.5. The molecule has 9 heteroatoms. The molecular formula is C15H18N4O5. The number of nitrogens with one attached hydrogen (secondary N) is 2. The van der Waals surface area contributed by atoms with Gasteiger partial charge in [-0.05, 0) is 0 Å². The summed E-state index contributed by atoms with van der Waals surface area (Å²) in [4.78, 5) is 18.3. The quantitative estimate of drug-likeness (QED) is 0.278. The maximum Gasteiger partial charge on any atom is 0.252 e. The highest BCUT2D eigenvalue weighted by atomic mass is 16.4. The van der Waals surface area contributed by atoms with E-state index in [4.69, 9.17) is 5.11 Å². The summed E-state index contributed by atoms with van der Waals surface area (Å²) in [6.07, 6.45) is -3.68. The molecule has 128 valence electrons. The Bertz CT molecular complexity index is 734. The zero-order valence-corrected chi connectivity index (χ0v) is 12.6. The van der Waals surface area contributed by atoms with Gasteiger partial charge < -0.3 is 20.4 Å². The van der Waals surface area contributed by atoms with Gasteiger partial charge in [-0.25, -0.2) is 10.4 Å². The predicted octanol–water partition coefficient (Wildman–Crippen LogP) is -1.09. The fourth-order valence-electron chi connectivity index (χ4n) is 1.87. The lowest BCUT2D eigenvalue weighted by molar-refractivity contribution is -0.0541. The van der Waals surface area contributed by atoms with Crippen molar-refractivity contribution in [2.75, 3.05) is 12.0 Å². The van der Waals surface area contributed by atoms with Crippen LogP contribution in [0.4, 0.5) is 5.95 Å². The predicted molar refractivity (Wildman–Crippen MR) is 87.5 cm³/mol. The minimum Gasteiger partial charge on any atom is -0.394 e. The lowest BCUT2D eigenvalue weighted by atomic mass is 10.1. The van der Waals surface area contributed by atoms with Crippen LogP contribution in [0.3, 0.4) is 0 Å². The van der Waals surface area contributed by atoms with Crippen molar-refractivity contribution in [2.24, 2.45) is 5.10 Å². The molecule has 0 saturated carbocycles. The number of nitrogens with zero attached hydrogens (tertiary/aromatic N) is 2. The number of aromatic amines is 1. The van der Waals surface area contributed by atoms with Crippen LogP contribution in [-0.4, -0.2) is 61.5 Å². The van der Waals surface area contributed by atoms with Crippen molar-refractivity contribution in [3.05, 3.63) is 46.8 Å². The van der Waals surface area contributed by atoms with Gasteiger partial charge in [-0.1, -0.05) is 30.3 Å². The van der Waals surface area contributed by atoms with Crippen molar-refractivity contribution in [3.63, 3.8) is 0 Å². The summed E-state index contributed by atoms with van der Waals surface area (Å²) in [5, 5.41) is 40.6. The molecule has 0 unspecified atom stereocenters. The van der Waals surface area contributed by atoms with E-state index in [2.05, 4.69) is 20.5 Å². The summed E-state index contributed by atoms with van der Waals surface area (Å²) >= 11 is 0. The first-order chi connectivity index (χ1) is 11.5. The summed E-state index contributed by atoms with van der Waals surface area (Å²) in [6.45, 7) is -0.701. The molecule has 6 N–H and O–H groups in total. The fourth-order valence-corrected chi connectivity index (χ4v) is 1.87. The van der Waals surface area contributed by atoms with Crippen LogP contribution in [0.1, 0.15) is 0 Å². The van der Waals surface area contributed by atoms with E-state index in [1.165, 1.54) is 6.07 Å². The molecule has 1 aromatic carbocycles. The molecule has 9 nitrogen and oxygen atoms in total. The number of hydrogen-bond donors (Lipinski definition) is 6. The molecule has 3 atom stereocenters. The molecule has 0 radical (unpaired) electrons. The van der Waals surface area contributed by atoms with Crippen molar-refractivity contribution < 1.29 is 20.4 Å². The lowest BCUT2D eigenvalue weighted by Gasteiger charge is -2.17. The van der Waals surface area contributed by atoms with E-state index in [1.54, 1.807) is 12.1 Å². The summed E-state index contributed by atoms with van der Waals surface area (Å²) in [6, 6.07) is 10.4. The van der Waals surface area contributed by atoms with Crippen LogP contribution in [0.25, 0.3) is 11.3 Å². The molecule has 2 aromatic rings. The number of hydrogen-bond acceptors (Lipinski definition) is 8. The Morgan fingerprint density at radius 2 is 1.96 bits per heavy atom.